The van der Waals surface area contributed by atoms with Gasteiger partial charge in [0.15, 0.2) is 11.5 Å². The molecule has 0 bridgehead atoms. The summed E-state index contributed by atoms with van der Waals surface area (Å²) in [4.78, 5) is 11.0. The third-order valence-corrected chi connectivity index (χ3v) is 4.05. The van der Waals surface area contributed by atoms with Crippen LogP contribution in [0.3, 0.4) is 0 Å². The van der Waals surface area contributed by atoms with Crippen molar-refractivity contribution in [3.63, 3.8) is 0 Å². The minimum atomic E-state index is -0.843. The van der Waals surface area contributed by atoms with Gasteiger partial charge in [-0.15, -0.1) is 0 Å². The van der Waals surface area contributed by atoms with Crippen LogP contribution < -0.4 is 9.47 Å². The topological polar surface area (TPSA) is 55.8 Å². The zero-order valence-electron chi connectivity index (χ0n) is 12.6. The van der Waals surface area contributed by atoms with Gasteiger partial charge >= 0.3 is 5.97 Å². The number of carboxylic acid groups (broad SMARTS) is 1. The Morgan fingerprint density at radius 2 is 2.10 bits per heavy atom. The molecular weight excluding hydrogens is 292 g/mol. The normalized spacial score (nSPS) is 14.9. The maximum absolute atomic E-state index is 11.0. The number of hydrogen-bond acceptors (Lipinski definition) is 3. The molecule has 0 spiro atoms. The van der Waals surface area contributed by atoms with Crippen LogP contribution in [-0.2, 0) is 10.2 Å². The molecular formula is C16H21ClO4. The highest BCUT2D eigenvalue weighted by Crippen LogP contribution is 2.41. The highest BCUT2D eigenvalue weighted by atomic mass is 35.5. The fraction of sp³-hybridized carbons (Fsp3) is 0.562. The summed E-state index contributed by atoms with van der Waals surface area (Å²) in [5.41, 5.74) is 0.295. The largest absolute Gasteiger partial charge is 0.493 e. The average Bonchev–Trinajstić information content (AvgIpc) is 3.18. The van der Waals surface area contributed by atoms with E-state index in [0.717, 1.165) is 5.56 Å². The molecule has 2 rings (SSSR count). The number of carboxylic acids is 1. The van der Waals surface area contributed by atoms with E-state index in [1.54, 1.807) is 13.2 Å². The van der Waals surface area contributed by atoms with Crippen molar-refractivity contribution in [2.75, 3.05) is 13.7 Å². The number of carbonyl (C=O) groups is 1. The Morgan fingerprint density at radius 1 is 1.43 bits per heavy atom. The lowest BCUT2D eigenvalue weighted by Crippen LogP contribution is -2.21. The number of rotatable bonds is 7. The molecule has 0 amide bonds. The lowest BCUT2D eigenvalue weighted by Gasteiger charge is -2.25. The van der Waals surface area contributed by atoms with E-state index in [2.05, 4.69) is 0 Å². The van der Waals surface area contributed by atoms with Crippen LogP contribution in [0.2, 0.25) is 5.02 Å². The van der Waals surface area contributed by atoms with E-state index in [9.17, 15) is 4.79 Å². The zero-order valence-corrected chi connectivity index (χ0v) is 13.4. The van der Waals surface area contributed by atoms with Crippen molar-refractivity contribution in [2.24, 2.45) is 5.92 Å². The van der Waals surface area contributed by atoms with Crippen LogP contribution >= 0.6 is 11.6 Å². The molecule has 1 N–H and O–H groups in total. The number of benzene rings is 1. The molecule has 0 heterocycles. The van der Waals surface area contributed by atoms with Gasteiger partial charge in [-0.2, -0.15) is 0 Å². The van der Waals surface area contributed by atoms with E-state index in [1.807, 2.05) is 19.9 Å². The Balaban J connectivity index is 2.27. The highest BCUT2D eigenvalue weighted by Gasteiger charge is 2.28. The fourth-order valence-electron chi connectivity index (χ4n) is 2.22. The van der Waals surface area contributed by atoms with E-state index in [0.29, 0.717) is 29.0 Å². The third kappa shape index (κ3) is 4.03. The minimum absolute atomic E-state index is 0.0226. The van der Waals surface area contributed by atoms with Gasteiger partial charge in [0.25, 0.3) is 0 Å². The Kier molecular flexibility index (Phi) is 4.67. The van der Waals surface area contributed by atoms with Gasteiger partial charge in [-0.3, -0.25) is 4.79 Å². The summed E-state index contributed by atoms with van der Waals surface area (Å²) in [5.74, 6) is 0.871. The second-order valence-electron chi connectivity index (χ2n) is 6.20. The van der Waals surface area contributed by atoms with Crippen LogP contribution in [-0.4, -0.2) is 24.8 Å². The summed E-state index contributed by atoms with van der Waals surface area (Å²) in [7, 11) is 1.56. The van der Waals surface area contributed by atoms with Crippen molar-refractivity contribution in [1.29, 1.82) is 0 Å². The van der Waals surface area contributed by atoms with Gasteiger partial charge < -0.3 is 14.6 Å². The highest BCUT2D eigenvalue weighted by molar-refractivity contribution is 6.32. The van der Waals surface area contributed by atoms with Crippen molar-refractivity contribution in [1.82, 2.24) is 0 Å². The molecule has 0 saturated heterocycles. The van der Waals surface area contributed by atoms with Crippen molar-refractivity contribution in [2.45, 2.75) is 38.5 Å². The number of aliphatic carboxylic acids is 1. The lowest BCUT2D eigenvalue weighted by molar-refractivity contribution is -0.138. The van der Waals surface area contributed by atoms with Crippen LogP contribution in [0.5, 0.6) is 11.5 Å². The van der Waals surface area contributed by atoms with Gasteiger partial charge in [0.2, 0.25) is 0 Å². The molecule has 4 nitrogen and oxygen atoms in total. The van der Waals surface area contributed by atoms with Crippen LogP contribution in [0.15, 0.2) is 12.1 Å². The van der Waals surface area contributed by atoms with E-state index in [1.165, 1.54) is 12.8 Å². The monoisotopic (exact) mass is 312 g/mol. The molecule has 0 unspecified atom stereocenters. The average molecular weight is 313 g/mol. The quantitative estimate of drug-likeness (QED) is 0.830. The van der Waals surface area contributed by atoms with Crippen molar-refractivity contribution < 1.29 is 19.4 Å². The van der Waals surface area contributed by atoms with Crippen LogP contribution in [0.25, 0.3) is 0 Å². The molecule has 1 saturated carbocycles. The minimum Gasteiger partial charge on any atom is -0.493 e. The van der Waals surface area contributed by atoms with Gasteiger partial charge in [-0.1, -0.05) is 25.4 Å². The standard InChI is InChI=1S/C16H21ClO4/c1-16(2,8-14(18)19)11-6-12(17)15(13(7-11)20-3)21-9-10-4-5-10/h6-7,10H,4-5,8-9H2,1-3H3,(H,18,19). The van der Waals surface area contributed by atoms with Gasteiger partial charge in [0.05, 0.1) is 25.2 Å². The first-order chi connectivity index (χ1) is 9.83. The predicted octanol–water partition coefficient (Wildman–Crippen LogP) is 3.89. The Hall–Kier alpha value is -1.42. The van der Waals surface area contributed by atoms with Crippen LogP contribution in [0.1, 0.15) is 38.7 Å². The second kappa shape index (κ2) is 6.14. The molecule has 116 valence electrons. The molecule has 0 atom stereocenters. The van der Waals surface area contributed by atoms with Crippen molar-refractivity contribution in [3.05, 3.63) is 22.7 Å². The summed E-state index contributed by atoms with van der Waals surface area (Å²) in [6, 6.07) is 3.59. The summed E-state index contributed by atoms with van der Waals surface area (Å²) in [6.45, 7) is 4.39. The van der Waals surface area contributed by atoms with E-state index in [4.69, 9.17) is 26.2 Å². The summed E-state index contributed by atoms with van der Waals surface area (Å²) >= 11 is 6.31. The van der Waals surface area contributed by atoms with Crippen LogP contribution in [0, 0.1) is 5.92 Å². The molecule has 0 aliphatic heterocycles. The van der Waals surface area contributed by atoms with Gasteiger partial charge in [-0.25, -0.2) is 0 Å². The number of hydrogen-bond donors (Lipinski definition) is 1. The molecule has 1 fully saturated rings. The van der Waals surface area contributed by atoms with Crippen molar-refractivity contribution >= 4 is 17.6 Å². The molecule has 1 aromatic carbocycles. The third-order valence-electron chi connectivity index (χ3n) is 3.76. The maximum Gasteiger partial charge on any atom is 0.304 e. The van der Waals surface area contributed by atoms with Gasteiger partial charge in [-0.05, 0) is 36.5 Å². The van der Waals surface area contributed by atoms with Gasteiger partial charge in [0, 0.05) is 5.41 Å². The molecule has 1 aliphatic rings. The lowest BCUT2D eigenvalue weighted by atomic mass is 9.81. The smallest absolute Gasteiger partial charge is 0.304 e. The van der Waals surface area contributed by atoms with E-state index in [-0.39, 0.29) is 6.42 Å². The summed E-state index contributed by atoms with van der Waals surface area (Å²) in [6.07, 6.45) is 2.42. The number of halogens is 1. The molecule has 1 aliphatic carbocycles. The summed E-state index contributed by atoms with van der Waals surface area (Å²) < 4.78 is 11.1. The molecule has 5 heteroatoms. The van der Waals surface area contributed by atoms with Crippen LogP contribution in [0.4, 0.5) is 0 Å². The molecule has 21 heavy (non-hydrogen) atoms. The first kappa shape index (κ1) is 16.0. The van der Waals surface area contributed by atoms with E-state index < -0.39 is 11.4 Å². The van der Waals surface area contributed by atoms with Gasteiger partial charge in [0.1, 0.15) is 0 Å². The SMILES string of the molecule is COc1cc(C(C)(C)CC(=O)O)cc(Cl)c1OCC1CC1. The number of ether oxygens (including phenoxy) is 2. The zero-order chi connectivity index (χ0) is 15.6. The summed E-state index contributed by atoms with van der Waals surface area (Å²) in [5, 5.41) is 9.49. The number of methoxy groups -OCH3 is 1. The Labute approximate surface area is 130 Å². The Morgan fingerprint density at radius 3 is 2.62 bits per heavy atom. The van der Waals surface area contributed by atoms with Crippen molar-refractivity contribution in [3.8, 4) is 11.5 Å². The molecule has 0 radical (unpaired) electrons. The van der Waals surface area contributed by atoms with E-state index >= 15 is 0 Å². The maximum atomic E-state index is 11.0. The second-order valence-corrected chi connectivity index (χ2v) is 6.61. The predicted molar refractivity (Wildman–Crippen MR) is 81.5 cm³/mol. The fourth-order valence-corrected chi connectivity index (χ4v) is 2.48. The molecule has 0 aromatic heterocycles. The molecule has 1 aromatic rings. The first-order valence-corrected chi connectivity index (χ1v) is 7.44. The Bertz CT molecular complexity index is 535. The first-order valence-electron chi connectivity index (χ1n) is 7.06.